The number of carbonyl (C=O) groups excluding carboxylic acids is 1. The molecule has 8 unspecified atom stereocenters. The molecule has 1 aliphatic heterocycles. The number of carbonyl (C=O) groups is 1. The first-order valence-electron chi connectivity index (χ1n) is 27.2. The Morgan fingerprint density at radius 3 is 1.36 bits per heavy atom. The van der Waals surface area contributed by atoms with E-state index in [2.05, 4.69) is 19.2 Å². The molecule has 0 radical (unpaired) electrons. The van der Waals surface area contributed by atoms with E-state index in [0.29, 0.717) is 12.8 Å². The molecule has 2 fully saturated rings. The molecule has 1 amide bonds. The number of hydrogen-bond donors (Lipinski definition) is 13. The van der Waals surface area contributed by atoms with Crippen molar-refractivity contribution in [3.63, 3.8) is 0 Å². The van der Waals surface area contributed by atoms with Gasteiger partial charge in [0.1, 0.15) is 73.2 Å². The summed E-state index contributed by atoms with van der Waals surface area (Å²) in [5.74, 6) is -0.921. The Morgan fingerprint density at radius 2 is 0.929 bits per heavy atom. The zero-order valence-electron chi connectivity index (χ0n) is 42.6. The van der Waals surface area contributed by atoms with Crippen molar-refractivity contribution in [1.82, 2.24) is 5.32 Å². The van der Waals surface area contributed by atoms with Crippen molar-refractivity contribution in [3.8, 4) is 0 Å². The summed E-state index contributed by atoms with van der Waals surface area (Å²) in [4.78, 5) is 24.2. The van der Waals surface area contributed by atoms with Crippen LogP contribution in [-0.4, -0.2) is 172 Å². The van der Waals surface area contributed by atoms with Crippen LogP contribution < -0.4 is 5.32 Å². The minimum absolute atomic E-state index is 0.100. The van der Waals surface area contributed by atoms with Crippen LogP contribution in [0, 0.1) is 0 Å². The van der Waals surface area contributed by atoms with Gasteiger partial charge < -0.3 is 75.9 Å². The number of amides is 1. The smallest absolute Gasteiger partial charge is 0.394 e. The van der Waals surface area contributed by atoms with Gasteiger partial charge in [0.05, 0.1) is 25.4 Å². The molecule has 19 nitrogen and oxygen atoms in total. The average Bonchev–Trinajstić information content (AvgIpc) is 3.34. The van der Waals surface area contributed by atoms with Crippen molar-refractivity contribution < 1.29 is 88.9 Å². The first-order chi connectivity index (χ1) is 33.5. The lowest BCUT2D eigenvalue weighted by Crippen LogP contribution is -2.67. The Labute approximate surface area is 418 Å². The lowest BCUT2D eigenvalue weighted by molar-refractivity contribution is -0.338. The van der Waals surface area contributed by atoms with E-state index in [9.17, 15) is 70.4 Å². The van der Waals surface area contributed by atoms with Crippen LogP contribution in [0.2, 0.25) is 0 Å². The van der Waals surface area contributed by atoms with Crippen LogP contribution in [0.15, 0.2) is 0 Å². The largest absolute Gasteiger partial charge is 0.472 e. The molecular formula is C50H98NO18P. The summed E-state index contributed by atoms with van der Waals surface area (Å²) in [5.41, 5.74) is 0. The van der Waals surface area contributed by atoms with Gasteiger partial charge in [-0.15, -0.1) is 0 Å². The molecule has 2 rings (SSSR count). The minimum atomic E-state index is -5.49. The molecule has 0 bridgehead atoms. The van der Waals surface area contributed by atoms with Crippen LogP contribution in [0.4, 0.5) is 0 Å². The molecule has 416 valence electrons. The van der Waals surface area contributed by atoms with Gasteiger partial charge in [0.2, 0.25) is 5.91 Å². The predicted octanol–water partition coefficient (Wildman–Crippen LogP) is 4.44. The van der Waals surface area contributed by atoms with Gasteiger partial charge in [-0.3, -0.25) is 13.8 Å². The molecule has 0 aromatic carbocycles. The van der Waals surface area contributed by atoms with E-state index in [0.717, 1.165) is 57.8 Å². The third-order valence-electron chi connectivity index (χ3n) is 14.0. The van der Waals surface area contributed by atoms with Crippen LogP contribution in [0.3, 0.4) is 0 Å². The van der Waals surface area contributed by atoms with Crippen molar-refractivity contribution in [2.45, 2.75) is 298 Å². The summed E-state index contributed by atoms with van der Waals surface area (Å²) in [6.07, 6.45) is 4.67. The maximum absolute atomic E-state index is 13.5. The highest BCUT2D eigenvalue weighted by Crippen LogP contribution is 2.48. The third kappa shape index (κ3) is 25.1. The van der Waals surface area contributed by atoms with Gasteiger partial charge in [-0.2, -0.15) is 0 Å². The van der Waals surface area contributed by atoms with E-state index in [1.165, 1.54) is 109 Å². The highest BCUT2D eigenvalue weighted by Gasteiger charge is 2.55. The van der Waals surface area contributed by atoms with Crippen molar-refractivity contribution in [3.05, 3.63) is 0 Å². The second kappa shape index (κ2) is 37.7. The quantitative estimate of drug-likeness (QED) is 0.0297. The van der Waals surface area contributed by atoms with Gasteiger partial charge in [0.15, 0.2) is 6.29 Å². The summed E-state index contributed by atoms with van der Waals surface area (Å²) >= 11 is 0. The van der Waals surface area contributed by atoms with Crippen LogP contribution in [0.25, 0.3) is 0 Å². The number of rotatable bonds is 42. The van der Waals surface area contributed by atoms with Crippen LogP contribution in [-0.2, 0) is 27.9 Å². The van der Waals surface area contributed by atoms with Gasteiger partial charge in [-0.05, 0) is 12.8 Å². The molecule has 2 aliphatic rings. The lowest BCUT2D eigenvalue weighted by atomic mass is 9.84. The second-order valence-electron chi connectivity index (χ2n) is 20.1. The Kier molecular flexibility index (Phi) is 35.1. The number of hydrogen-bond acceptors (Lipinski definition) is 17. The summed E-state index contributed by atoms with van der Waals surface area (Å²) in [6, 6.07) is -1.58. The molecule has 0 aromatic heterocycles. The van der Waals surface area contributed by atoms with E-state index in [1.807, 2.05) is 0 Å². The monoisotopic (exact) mass is 1030 g/mol. The van der Waals surface area contributed by atoms with E-state index < -0.39 is 119 Å². The summed E-state index contributed by atoms with van der Waals surface area (Å²) in [5, 5.41) is 119. The number of nitrogens with one attached hydrogen (secondary N) is 1. The molecule has 1 saturated carbocycles. The van der Waals surface area contributed by atoms with E-state index in [4.69, 9.17) is 18.5 Å². The SMILES string of the molecule is CCCCCCCCCCCCCCCCCCC(O)C(=O)N[C@@H](COP(=O)(O)O[C@H]1C(O)C(O)C(O)[C@@H](O)C1O[C@H]1O[C@H](CO)[C@@H](O)C(O)C1O)[C@H](O)[C@H](O)CCCCCCCCCCCCCC. The first kappa shape index (κ1) is 65.2. The number of phosphoric acid groups is 1. The van der Waals surface area contributed by atoms with Crippen molar-refractivity contribution in [2.24, 2.45) is 0 Å². The summed E-state index contributed by atoms with van der Waals surface area (Å²) in [6.45, 7) is 2.57. The van der Waals surface area contributed by atoms with E-state index in [-0.39, 0.29) is 12.8 Å². The number of unbranched alkanes of at least 4 members (excludes halogenated alkanes) is 26. The Bertz CT molecular complexity index is 1360. The summed E-state index contributed by atoms with van der Waals surface area (Å²) < 4.78 is 34.7. The highest BCUT2D eigenvalue weighted by atomic mass is 31.2. The minimum Gasteiger partial charge on any atom is -0.394 e. The normalized spacial score (nSPS) is 28.8. The highest BCUT2D eigenvalue weighted by molar-refractivity contribution is 7.47. The average molecular weight is 1030 g/mol. The standard InChI is InChI=1S/C50H98NO18P/c1-3-5-7-9-11-13-15-17-18-19-20-22-24-26-28-30-32-37(54)49(63)51-35(39(55)36(53)31-29-27-25-23-21-16-14-12-10-8-6-4-2)34-66-70(64,65)69-48-45(61)43(59)42(58)44(60)47(48)68-50-46(62)41(57)40(56)38(33-52)67-50/h35-48,50,52-62H,3-34H2,1-2H3,(H,51,63)(H,64,65)/t35-,36+,37?,38+,39-,40+,41?,42?,43?,44+,45?,46?,47?,48-,50+/m0/s1. The van der Waals surface area contributed by atoms with Gasteiger partial charge in [-0.25, -0.2) is 4.57 Å². The Balaban J connectivity index is 2.00. The number of phosphoric ester groups is 1. The fraction of sp³-hybridized carbons (Fsp3) is 0.980. The first-order valence-corrected chi connectivity index (χ1v) is 28.7. The molecule has 13 N–H and O–H groups in total. The molecule has 16 atom stereocenters. The number of aliphatic hydroxyl groups is 11. The van der Waals surface area contributed by atoms with Crippen molar-refractivity contribution >= 4 is 13.7 Å². The van der Waals surface area contributed by atoms with Gasteiger partial charge in [0, 0.05) is 0 Å². The van der Waals surface area contributed by atoms with Crippen LogP contribution in [0.5, 0.6) is 0 Å². The van der Waals surface area contributed by atoms with E-state index in [1.54, 1.807) is 0 Å². The van der Waals surface area contributed by atoms with E-state index >= 15 is 0 Å². The molecule has 0 aromatic rings. The molecule has 1 heterocycles. The molecule has 20 heteroatoms. The zero-order chi connectivity index (χ0) is 51.9. The molecule has 0 spiro atoms. The Morgan fingerprint density at radius 1 is 0.543 bits per heavy atom. The lowest BCUT2D eigenvalue weighted by Gasteiger charge is -2.47. The molecular weight excluding hydrogens is 934 g/mol. The van der Waals surface area contributed by atoms with Crippen LogP contribution >= 0.6 is 7.82 Å². The fourth-order valence-electron chi connectivity index (χ4n) is 9.31. The third-order valence-corrected chi connectivity index (χ3v) is 15.0. The zero-order valence-corrected chi connectivity index (χ0v) is 43.4. The Hall–Kier alpha value is -0.940. The number of ether oxygens (including phenoxy) is 2. The molecule has 1 aliphatic carbocycles. The molecule has 1 saturated heterocycles. The maximum Gasteiger partial charge on any atom is 0.472 e. The maximum atomic E-state index is 13.5. The van der Waals surface area contributed by atoms with Gasteiger partial charge >= 0.3 is 7.82 Å². The van der Waals surface area contributed by atoms with Crippen LogP contribution in [0.1, 0.15) is 206 Å². The fourth-order valence-corrected chi connectivity index (χ4v) is 10.3. The topological polar surface area (TPSA) is 326 Å². The van der Waals surface area contributed by atoms with Gasteiger partial charge in [0.25, 0.3) is 0 Å². The number of aliphatic hydroxyl groups excluding tert-OH is 11. The molecule has 70 heavy (non-hydrogen) atoms. The predicted molar refractivity (Wildman–Crippen MR) is 263 cm³/mol. The summed E-state index contributed by atoms with van der Waals surface area (Å²) in [7, 11) is -5.49. The van der Waals surface area contributed by atoms with Crippen molar-refractivity contribution in [1.29, 1.82) is 0 Å². The van der Waals surface area contributed by atoms with Gasteiger partial charge in [-0.1, -0.05) is 194 Å². The van der Waals surface area contributed by atoms with Crippen molar-refractivity contribution in [2.75, 3.05) is 13.2 Å². The second-order valence-corrected chi connectivity index (χ2v) is 21.5.